The number of carbonyl (C=O) groups excluding carboxylic acids is 5. The van der Waals surface area contributed by atoms with Crippen LogP contribution in [-0.2, 0) is 71.3 Å². The fourth-order valence-corrected chi connectivity index (χ4v) is 5.05. The van der Waals surface area contributed by atoms with Gasteiger partial charge in [-0.1, -0.05) is 27.7 Å². The molecule has 48 heavy (non-hydrogen) atoms. The van der Waals surface area contributed by atoms with Crippen LogP contribution < -0.4 is 0 Å². The van der Waals surface area contributed by atoms with E-state index in [2.05, 4.69) is 0 Å². The maximum absolute atomic E-state index is 11.7. The van der Waals surface area contributed by atoms with Crippen LogP contribution in [0.4, 0.5) is 0 Å². The van der Waals surface area contributed by atoms with E-state index in [1.807, 2.05) is 27.7 Å². The summed E-state index contributed by atoms with van der Waals surface area (Å²) < 4.78 is 56.1. The molecule has 2 heterocycles. The molecule has 2 rings (SSSR count). The molecule has 2 saturated heterocycles. The molecule has 10 atom stereocenters. The fourth-order valence-electron chi connectivity index (χ4n) is 5.05. The van der Waals surface area contributed by atoms with Crippen molar-refractivity contribution in [3.8, 4) is 0 Å². The van der Waals surface area contributed by atoms with Crippen molar-refractivity contribution >= 4 is 29.7 Å². The maximum Gasteiger partial charge on any atom is 0.303 e. The van der Waals surface area contributed by atoms with E-state index in [1.165, 1.54) is 41.5 Å². The zero-order valence-electron chi connectivity index (χ0n) is 30.1. The highest BCUT2D eigenvalue weighted by Crippen LogP contribution is 2.35. The topological polar surface area (TPSA) is 178 Å². The number of ketones is 1. The maximum atomic E-state index is 11.7. The van der Waals surface area contributed by atoms with Crippen molar-refractivity contribution in [3.63, 3.8) is 0 Å². The quantitative estimate of drug-likeness (QED) is 0.123. The SMILES string of the molecule is CC(=O)OCC1O[C@H](OCCOCCOCCO[C@H]2OC(COC(C)=O)[C@@H](C)[C@H](C)C2OC(C)=O)C(OC(C)=O)[C@@H](C)[C@@H]1C.CC(C)=O. The molecule has 0 aromatic heterocycles. The van der Waals surface area contributed by atoms with Gasteiger partial charge in [0.05, 0.1) is 51.8 Å². The summed E-state index contributed by atoms with van der Waals surface area (Å²) in [5, 5.41) is 0. The fraction of sp³-hybridized carbons (Fsp3) is 0.848. The van der Waals surface area contributed by atoms with Crippen LogP contribution in [0.1, 0.15) is 69.2 Å². The lowest BCUT2D eigenvalue weighted by Gasteiger charge is -2.43. The van der Waals surface area contributed by atoms with Crippen LogP contribution in [0.15, 0.2) is 0 Å². The first kappa shape index (κ1) is 43.3. The van der Waals surface area contributed by atoms with Gasteiger partial charge < -0.3 is 52.2 Å². The number of hydrogen-bond acceptors (Lipinski definition) is 15. The van der Waals surface area contributed by atoms with Gasteiger partial charge in [-0.05, 0) is 25.7 Å². The van der Waals surface area contributed by atoms with Gasteiger partial charge in [0, 0.05) is 39.5 Å². The minimum Gasteiger partial charge on any atom is -0.463 e. The smallest absolute Gasteiger partial charge is 0.303 e. The lowest BCUT2D eigenvalue weighted by atomic mass is 9.83. The molecule has 0 radical (unpaired) electrons. The van der Waals surface area contributed by atoms with Gasteiger partial charge in [0.1, 0.15) is 19.0 Å². The van der Waals surface area contributed by atoms with Gasteiger partial charge in [-0.2, -0.15) is 0 Å². The third-order valence-electron chi connectivity index (χ3n) is 7.92. The molecule has 0 aromatic rings. The van der Waals surface area contributed by atoms with Crippen molar-refractivity contribution in [1.82, 2.24) is 0 Å². The summed E-state index contributed by atoms with van der Waals surface area (Å²) >= 11 is 0. The number of Topliss-reactive ketones (excluding diaryl/α,β-unsaturated/α-hetero) is 1. The van der Waals surface area contributed by atoms with Gasteiger partial charge in [0.15, 0.2) is 24.8 Å². The Labute approximate surface area is 283 Å². The third-order valence-corrected chi connectivity index (χ3v) is 7.92. The standard InChI is InChI=1S/C30H50O14.C3H6O/c1-17-19(3)27(41-23(7)33)29(43-25(17)15-39-21(5)31)37-13-11-35-9-10-36-12-14-38-30-28(42-24(8)34)20(4)18(2)26(44-30)16-40-22(6)32;1-3(2)4/h17-20,25-30H,9-16H2,1-8H3;1-2H3/t17-,18-,19-,20-,25?,26?,27?,28?,29-,30-;/m0./s1. The zero-order chi connectivity index (χ0) is 36.4. The van der Waals surface area contributed by atoms with Crippen LogP contribution in [0.2, 0.25) is 0 Å². The Morgan fingerprint density at radius 1 is 0.479 bits per heavy atom. The summed E-state index contributed by atoms with van der Waals surface area (Å²) in [5.74, 6) is -1.79. The van der Waals surface area contributed by atoms with E-state index in [1.54, 1.807) is 0 Å². The molecule has 4 unspecified atom stereocenters. The van der Waals surface area contributed by atoms with E-state index < -0.39 is 60.9 Å². The van der Waals surface area contributed by atoms with Crippen LogP contribution >= 0.6 is 0 Å². The normalized spacial score (nSPS) is 29.9. The Hall–Kier alpha value is -2.69. The van der Waals surface area contributed by atoms with E-state index in [-0.39, 0.29) is 69.1 Å². The summed E-state index contributed by atoms with van der Waals surface area (Å²) in [6.07, 6.45) is -3.71. The van der Waals surface area contributed by atoms with E-state index in [0.29, 0.717) is 13.2 Å². The summed E-state index contributed by atoms with van der Waals surface area (Å²) in [4.78, 5) is 55.3. The predicted molar refractivity (Wildman–Crippen MR) is 168 cm³/mol. The summed E-state index contributed by atoms with van der Waals surface area (Å²) in [6.45, 7) is 17.7. The third kappa shape index (κ3) is 16.6. The molecule has 0 spiro atoms. The Bertz CT molecular complexity index is 924. The number of rotatable bonds is 17. The van der Waals surface area contributed by atoms with E-state index >= 15 is 0 Å². The second kappa shape index (κ2) is 22.9. The monoisotopic (exact) mass is 692 g/mol. The molecule has 2 aliphatic rings. The molecule has 15 nitrogen and oxygen atoms in total. The van der Waals surface area contributed by atoms with Crippen molar-refractivity contribution in [1.29, 1.82) is 0 Å². The molecule has 2 fully saturated rings. The van der Waals surface area contributed by atoms with Crippen LogP contribution in [0.25, 0.3) is 0 Å². The van der Waals surface area contributed by atoms with Gasteiger partial charge >= 0.3 is 23.9 Å². The molecule has 0 N–H and O–H groups in total. The summed E-state index contributed by atoms with van der Waals surface area (Å²) in [7, 11) is 0. The first-order valence-electron chi connectivity index (χ1n) is 16.3. The number of carbonyl (C=O) groups is 5. The van der Waals surface area contributed by atoms with Crippen molar-refractivity contribution in [2.24, 2.45) is 23.7 Å². The minimum absolute atomic E-state index is 0.0395. The summed E-state index contributed by atoms with van der Waals surface area (Å²) in [5.41, 5.74) is 0. The molecule has 0 bridgehead atoms. The van der Waals surface area contributed by atoms with Crippen molar-refractivity contribution in [2.45, 2.75) is 106 Å². The van der Waals surface area contributed by atoms with Crippen LogP contribution in [0, 0.1) is 23.7 Å². The molecule has 0 aliphatic carbocycles. The molecule has 0 amide bonds. The average Bonchev–Trinajstić information content (AvgIpc) is 2.98. The van der Waals surface area contributed by atoms with E-state index in [9.17, 15) is 24.0 Å². The minimum atomic E-state index is -0.834. The Morgan fingerprint density at radius 2 is 0.792 bits per heavy atom. The van der Waals surface area contributed by atoms with Gasteiger partial charge in [-0.3, -0.25) is 19.2 Å². The van der Waals surface area contributed by atoms with E-state index in [0.717, 1.165) is 0 Å². The number of esters is 4. The highest BCUT2D eigenvalue weighted by atomic mass is 16.7. The Kier molecular flexibility index (Phi) is 20.6. The molecule has 15 heteroatoms. The molecular weight excluding hydrogens is 636 g/mol. The molecule has 0 aromatic carbocycles. The van der Waals surface area contributed by atoms with Gasteiger partial charge in [-0.25, -0.2) is 0 Å². The highest BCUT2D eigenvalue weighted by Gasteiger charge is 2.45. The largest absolute Gasteiger partial charge is 0.463 e. The Morgan fingerprint density at radius 3 is 1.08 bits per heavy atom. The molecule has 0 saturated carbocycles. The Balaban J connectivity index is 0.00000272. The summed E-state index contributed by atoms with van der Waals surface area (Å²) in [6, 6.07) is 0. The second-order valence-electron chi connectivity index (χ2n) is 12.2. The number of ether oxygens (including phenoxy) is 10. The van der Waals surface area contributed by atoms with Gasteiger partial charge in [-0.15, -0.1) is 0 Å². The second-order valence-corrected chi connectivity index (χ2v) is 12.2. The lowest BCUT2D eigenvalue weighted by molar-refractivity contribution is -0.282. The lowest BCUT2D eigenvalue weighted by Crippen LogP contribution is -2.53. The van der Waals surface area contributed by atoms with Gasteiger partial charge in [0.2, 0.25) is 0 Å². The van der Waals surface area contributed by atoms with E-state index in [4.69, 9.17) is 47.4 Å². The first-order valence-corrected chi connectivity index (χ1v) is 16.3. The average molecular weight is 693 g/mol. The van der Waals surface area contributed by atoms with Crippen LogP contribution in [0.5, 0.6) is 0 Å². The van der Waals surface area contributed by atoms with Crippen molar-refractivity contribution in [2.75, 3.05) is 52.9 Å². The molecule has 278 valence electrons. The molecule has 2 aliphatic heterocycles. The predicted octanol–water partition coefficient (Wildman–Crippen LogP) is 2.63. The number of hydrogen-bond donors (Lipinski definition) is 0. The van der Waals surface area contributed by atoms with Gasteiger partial charge in [0.25, 0.3) is 0 Å². The van der Waals surface area contributed by atoms with Crippen molar-refractivity contribution < 1.29 is 71.3 Å². The molecular formula is C33H56O15. The highest BCUT2D eigenvalue weighted by molar-refractivity contribution is 5.72. The van der Waals surface area contributed by atoms with Crippen LogP contribution in [-0.4, -0.2) is 120 Å². The van der Waals surface area contributed by atoms with Crippen LogP contribution in [0.3, 0.4) is 0 Å². The van der Waals surface area contributed by atoms with Crippen molar-refractivity contribution in [3.05, 3.63) is 0 Å². The zero-order valence-corrected chi connectivity index (χ0v) is 30.1. The first-order chi connectivity index (χ1) is 22.5.